The summed E-state index contributed by atoms with van der Waals surface area (Å²) < 4.78 is 29.6. The van der Waals surface area contributed by atoms with E-state index in [0.29, 0.717) is 49.8 Å². The van der Waals surface area contributed by atoms with Gasteiger partial charge in [0.2, 0.25) is 0 Å². The van der Waals surface area contributed by atoms with Crippen LogP contribution >= 0.6 is 11.3 Å². The Hall–Kier alpha value is -3.83. The van der Waals surface area contributed by atoms with Crippen LogP contribution in [-0.4, -0.2) is 63.0 Å². The number of hydrogen-bond donors (Lipinski definition) is 1. The van der Waals surface area contributed by atoms with Gasteiger partial charge >= 0.3 is 0 Å². The molecule has 11 heteroatoms. The molecule has 0 amide bonds. The van der Waals surface area contributed by atoms with Crippen LogP contribution in [0.2, 0.25) is 0 Å². The molecule has 0 saturated carbocycles. The number of hydrogen-bond acceptors (Lipinski definition) is 9. The first-order chi connectivity index (χ1) is 18.0. The number of piperidine rings is 1. The van der Waals surface area contributed by atoms with Crippen molar-refractivity contribution in [3.8, 4) is 22.8 Å². The first kappa shape index (κ1) is 23.6. The number of methoxy groups -OCH3 is 1. The van der Waals surface area contributed by atoms with Gasteiger partial charge in [-0.15, -0.1) is 11.3 Å². The Morgan fingerprint density at radius 2 is 1.89 bits per heavy atom. The summed E-state index contributed by atoms with van der Waals surface area (Å²) in [6, 6.07) is 7.35. The molecule has 1 N–H and O–H groups in total. The third-order valence-electron chi connectivity index (χ3n) is 6.64. The maximum atomic E-state index is 15.3. The molecule has 9 nitrogen and oxygen atoms in total. The van der Waals surface area contributed by atoms with Crippen molar-refractivity contribution in [3.05, 3.63) is 48.1 Å². The normalized spacial score (nSPS) is 14.9. The van der Waals surface area contributed by atoms with Gasteiger partial charge in [0.05, 0.1) is 45.6 Å². The predicted octanol–water partition coefficient (Wildman–Crippen LogP) is 5.00. The fourth-order valence-corrected chi connectivity index (χ4v) is 5.42. The molecule has 190 valence electrons. The molecule has 1 saturated heterocycles. The summed E-state index contributed by atoms with van der Waals surface area (Å²) >= 11 is 1.27. The lowest BCUT2D eigenvalue weighted by Gasteiger charge is -2.30. The van der Waals surface area contributed by atoms with Gasteiger partial charge in [-0.1, -0.05) is 0 Å². The molecule has 0 unspecified atom stereocenters. The second-order valence-corrected chi connectivity index (χ2v) is 10.0. The molecule has 0 aliphatic carbocycles. The Kier molecular flexibility index (Phi) is 6.09. The summed E-state index contributed by atoms with van der Waals surface area (Å²) in [6.45, 7) is 1.91. The van der Waals surface area contributed by atoms with Gasteiger partial charge in [-0.3, -0.25) is 4.68 Å². The van der Waals surface area contributed by atoms with Crippen molar-refractivity contribution in [2.75, 3.05) is 32.6 Å². The maximum absolute atomic E-state index is 15.3. The van der Waals surface area contributed by atoms with E-state index in [0.717, 1.165) is 31.5 Å². The number of thiazole rings is 1. The van der Waals surface area contributed by atoms with Crippen LogP contribution in [0.3, 0.4) is 0 Å². The number of halogens is 1. The van der Waals surface area contributed by atoms with Crippen LogP contribution in [0.5, 0.6) is 11.5 Å². The molecule has 0 atom stereocenters. The summed E-state index contributed by atoms with van der Waals surface area (Å²) in [7, 11) is 5.59. The summed E-state index contributed by atoms with van der Waals surface area (Å²) in [5.74, 6) is 1.38. The third-order valence-corrected chi connectivity index (χ3v) is 7.48. The number of likely N-dealkylation sites (tertiary alicyclic amines) is 1. The van der Waals surface area contributed by atoms with Crippen LogP contribution in [0.4, 0.5) is 15.9 Å². The molecule has 5 aromatic rings. The zero-order chi connectivity index (χ0) is 25.5. The number of rotatable bonds is 6. The van der Waals surface area contributed by atoms with E-state index in [1.54, 1.807) is 29.4 Å². The lowest BCUT2D eigenvalue weighted by molar-refractivity contribution is 0.116. The van der Waals surface area contributed by atoms with Crippen molar-refractivity contribution in [1.29, 1.82) is 0 Å². The zero-order valence-corrected chi connectivity index (χ0v) is 21.5. The van der Waals surface area contributed by atoms with E-state index in [-0.39, 0.29) is 11.9 Å². The number of nitrogens with one attached hydrogen (secondary N) is 1. The molecule has 2 aromatic carbocycles. The van der Waals surface area contributed by atoms with E-state index in [1.807, 2.05) is 25.4 Å². The van der Waals surface area contributed by atoms with Crippen LogP contribution in [0, 0.1) is 5.82 Å². The van der Waals surface area contributed by atoms with E-state index in [1.165, 1.54) is 17.7 Å². The van der Waals surface area contributed by atoms with Crippen LogP contribution < -0.4 is 14.8 Å². The average molecular weight is 520 g/mol. The van der Waals surface area contributed by atoms with Crippen molar-refractivity contribution < 1.29 is 13.9 Å². The number of aromatic nitrogens is 5. The lowest BCUT2D eigenvalue weighted by atomic mass is 10.1. The van der Waals surface area contributed by atoms with E-state index >= 15 is 4.39 Å². The van der Waals surface area contributed by atoms with Gasteiger partial charge in [-0.05, 0) is 44.2 Å². The first-order valence-corrected chi connectivity index (χ1v) is 12.9. The summed E-state index contributed by atoms with van der Waals surface area (Å²) in [4.78, 5) is 15.5. The van der Waals surface area contributed by atoms with E-state index < -0.39 is 0 Å². The summed E-state index contributed by atoms with van der Waals surface area (Å²) in [6.07, 6.45) is 5.14. The van der Waals surface area contributed by atoms with Crippen LogP contribution in [0.15, 0.2) is 42.3 Å². The molecule has 1 aliphatic heterocycles. The number of ether oxygens (including phenoxy) is 2. The number of nitrogens with zero attached hydrogens (tertiary/aromatic N) is 6. The quantitative estimate of drug-likeness (QED) is 0.335. The van der Waals surface area contributed by atoms with E-state index in [4.69, 9.17) is 9.47 Å². The Balaban J connectivity index is 1.48. The SMILES string of the molecule is COc1cn(C)nc1-c1cc(OC2CCN(C)CC2)c2c(Nc3ccc4ncsc4c3F)ncnc2c1. The highest BCUT2D eigenvalue weighted by Gasteiger charge is 2.23. The molecule has 3 aromatic heterocycles. The van der Waals surface area contributed by atoms with Crippen LogP contribution in [0.1, 0.15) is 12.8 Å². The molecule has 0 spiro atoms. The van der Waals surface area contributed by atoms with E-state index in [9.17, 15) is 0 Å². The predicted molar refractivity (Wildman–Crippen MR) is 142 cm³/mol. The molecule has 0 radical (unpaired) electrons. The van der Waals surface area contributed by atoms with Crippen molar-refractivity contribution in [3.63, 3.8) is 0 Å². The second kappa shape index (κ2) is 9.56. The van der Waals surface area contributed by atoms with Crippen LogP contribution in [-0.2, 0) is 7.05 Å². The molecular weight excluding hydrogens is 493 g/mol. The molecule has 37 heavy (non-hydrogen) atoms. The molecule has 1 aliphatic rings. The highest BCUT2D eigenvalue weighted by Crippen LogP contribution is 2.40. The van der Waals surface area contributed by atoms with Gasteiger partial charge in [0.25, 0.3) is 0 Å². The number of anilines is 2. The molecular formula is C26H26FN7O2S. The minimum Gasteiger partial charge on any atom is -0.493 e. The van der Waals surface area contributed by atoms with Crippen molar-refractivity contribution >= 4 is 44.0 Å². The van der Waals surface area contributed by atoms with Crippen molar-refractivity contribution in [2.24, 2.45) is 7.05 Å². The zero-order valence-electron chi connectivity index (χ0n) is 20.7. The van der Waals surface area contributed by atoms with Gasteiger partial charge in [-0.25, -0.2) is 19.3 Å². The van der Waals surface area contributed by atoms with Crippen molar-refractivity contribution in [2.45, 2.75) is 18.9 Å². The monoisotopic (exact) mass is 519 g/mol. The standard InChI is InChI=1S/C26H26FN7O2S/c1-33-8-6-16(7-9-33)36-20-11-15(24-21(35-3)12-34(2)32-24)10-19-22(20)26(29-13-28-19)31-17-4-5-18-25(23(17)27)37-14-30-18/h4-5,10-14,16H,6-9H2,1-3H3,(H,28,29,31). The number of fused-ring (bicyclic) bond motifs is 2. The van der Waals surface area contributed by atoms with Crippen LogP contribution in [0.25, 0.3) is 32.4 Å². The first-order valence-electron chi connectivity index (χ1n) is 12.0. The Labute approximate surface area is 216 Å². The highest BCUT2D eigenvalue weighted by atomic mass is 32.1. The minimum absolute atomic E-state index is 0.0404. The number of benzene rings is 2. The van der Waals surface area contributed by atoms with Crippen molar-refractivity contribution in [1.82, 2.24) is 29.6 Å². The minimum atomic E-state index is -0.362. The Morgan fingerprint density at radius 1 is 1.05 bits per heavy atom. The highest BCUT2D eigenvalue weighted by molar-refractivity contribution is 7.16. The summed E-state index contributed by atoms with van der Waals surface area (Å²) in [5, 5.41) is 8.47. The second-order valence-electron chi connectivity index (χ2n) is 9.18. The Bertz CT molecular complexity index is 1590. The Morgan fingerprint density at radius 3 is 2.70 bits per heavy atom. The van der Waals surface area contributed by atoms with Gasteiger partial charge < -0.3 is 19.7 Å². The topological polar surface area (TPSA) is 90.2 Å². The maximum Gasteiger partial charge on any atom is 0.166 e. The molecule has 1 fully saturated rings. The summed E-state index contributed by atoms with van der Waals surface area (Å²) in [5.41, 5.74) is 4.74. The van der Waals surface area contributed by atoms with Gasteiger partial charge in [0.1, 0.15) is 29.7 Å². The lowest BCUT2D eigenvalue weighted by Crippen LogP contribution is -2.35. The van der Waals surface area contributed by atoms with E-state index in [2.05, 4.69) is 37.3 Å². The fourth-order valence-electron chi connectivity index (χ4n) is 4.70. The third kappa shape index (κ3) is 4.44. The molecule has 6 rings (SSSR count). The smallest absolute Gasteiger partial charge is 0.166 e. The average Bonchev–Trinajstić information content (AvgIpc) is 3.54. The van der Waals surface area contributed by atoms with Gasteiger partial charge in [0.15, 0.2) is 11.6 Å². The largest absolute Gasteiger partial charge is 0.493 e. The number of aryl methyl sites for hydroxylation is 1. The molecule has 4 heterocycles. The fraction of sp³-hybridized carbons (Fsp3) is 0.308. The van der Waals surface area contributed by atoms with Gasteiger partial charge in [-0.2, -0.15) is 5.10 Å². The molecule has 0 bridgehead atoms. The van der Waals surface area contributed by atoms with Gasteiger partial charge in [0, 0.05) is 25.7 Å².